The third kappa shape index (κ3) is 5.46. The summed E-state index contributed by atoms with van der Waals surface area (Å²) in [5.41, 5.74) is 0. The van der Waals surface area contributed by atoms with Crippen LogP contribution < -0.4 is 0 Å². The van der Waals surface area contributed by atoms with E-state index in [1.807, 2.05) is 0 Å². The molecule has 0 saturated carbocycles. The fourth-order valence-corrected chi connectivity index (χ4v) is 3.83. The van der Waals surface area contributed by atoms with Crippen LogP contribution in [0.1, 0.15) is 16.7 Å². The molecule has 0 aliphatic heterocycles. The third-order valence-corrected chi connectivity index (χ3v) is 4.78. The van der Waals surface area contributed by atoms with Gasteiger partial charge < -0.3 is 4.74 Å². The summed E-state index contributed by atoms with van der Waals surface area (Å²) in [5, 5.41) is 7.64. The Hall–Kier alpha value is -0.670. The molecule has 6 nitrogen and oxygen atoms in total. The fourth-order valence-electron chi connectivity index (χ4n) is 0.824. The van der Waals surface area contributed by atoms with Gasteiger partial charge in [-0.2, -0.15) is 0 Å². The van der Waals surface area contributed by atoms with Gasteiger partial charge in [-0.05, 0) is 6.92 Å². The standard InChI is InChI=1S/C8H12N2O4S3/c1-3-14-7(11)6-9-10-8(16-6)15-4-5-17(2,12)13/h3-5H2,1-2H3. The predicted molar refractivity (Wildman–Crippen MR) is 66.3 cm³/mol. The van der Waals surface area contributed by atoms with Crippen LogP contribution in [0.4, 0.5) is 0 Å². The second kappa shape index (κ2) is 6.31. The average molecular weight is 296 g/mol. The maximum atomic E-state index is 11.3. The Morgan fingerprint density at radius 3 is 2.76 bits per heavy atom. The van der Waals surface area contributed by atoms with E-state index in [4.69, 9.17) is 4.74 Å². The maximum Gasteiger partial charge on any atom is 0.369 e. The first-order valence-corrected chi connectivity index (χ1v) is 8.60. The second-order valence-corrected chi connectivity index (χ2v) is 7.65. The average Bonchev–Trinajstić information content (AvgIpc) is 2.65. The molecule has 0 amide bonds. The van der Waals surface area contributed by atoms with E-state index in [9.17, 15) is 13.2 Å². The topological polar surface area (TPSA) is 86.2 Å². The van der Waals surface area contributed by atoms with E-state index in [1.54, 1.807) is 6.92 Å². The van der Waals surface area contributed by atoms with E-state index in [0.29, 0.717) is 10.1 Å². The number of hydrogen-bond donors (Lipinski definition) is 0. The van der Waals surface area contributed by atoms with E-state index in [0.717, 1.165) is 11.3 Å². The molecule has 0 aliphatic rings. The summed E-state index contributed by atoms with van der Waals surface area (Å²) >= 11 is 2.36. The lowest BCUT2D eigenvalue weighted by Crippen LogP contribution is -2.04. The van der Waals surface area contributed by atoms with Gasteiger partial charge in [0.2, 0.25) is 5.01 Å². The lowest BCUT2D eigenvalue weighted by Gasteiger charge is -1.95. The molecule has 0 aliphatic carbocycles. The van der Waals surface area contributed by atoms with Crippen molar-refractivity contribution >= 4 is 38.9 Å². The number of aromatic nitrogens is 2. The van der Waals surface area contributed by atoms with Crippen LogP contribution >= 0.6 is 23.1 Å². The molecule has 1 rings (SSSR count). The monoisotopic (exact) mass is 296 g/mol. The van der Waals surface area contributed by atoms with Crippen molar-refractivity contribution in [3.63, 3.8) is 0 Å². The Bertz CT molecular complexity index is 483. The molecular weight excluding hydrogens is 284 g/mol. The number of rotatable bonds is 6. The Morgan fingerprint density at radius 2 is 2.18 bits per heavy atom. The van der Waals surface area contributed by atoms with Crippen molar-refractivity contribution in [3.8, 4) is 0 Å². The van der Waals surface area contributed by atoms with Crippen LogP contribution in [-0.2, 0) is 14.6 Å². The van der Waals surface area contributed by atoms with Crippen molar-refractivity contribution in [2.45, 2.75) is 11.3 Å². The van der Waals surface area contributed by atoms with Gasteiger partial charge in [-0.25, -0.2) is 13.2 Å². The van der Waals surface area contributed by atoms with Gasteiger partial charge in [-0.1, -0.05) is 23.1 Å². The highest BCUT2D eigenvalue weighted by molar-refractivity contribution is 8.02. The number of esters is 1. The Balaban J connectivity index is 2.49. The summed E-state index contributed by atoms with van der Waals surface area (Å²) in [4.78, 5) is 11.3. The minimum absolute atomic E-state index is 0.0754. The van der Waals surface area contributed by atoms with Crippen LogP contribution in [0.15, 0.2) is 4.34 Å². The lowest BCUT2D eigenvalue weighted by atomic mass is 10.7. The summed E-state index contributed by atoms with van der Waals surface area (Å²) in [6.45, 7) is 2.00. The molecule has 0 bridgehead atoms. The molecular formula is C8H12N2O4S3. The van der Waals surface area contributed by atoms with Gasteiger partial charge in [0, 0.05) is 12.0 Å². The summed E-state index contributed by atoms with van der Waals surface area (Å²) in [6, 6.07) is 0. The van der Waals surface area contributed by atoms with Gasteiger partial charge >= 0.3 is 5.97 Å². The minimum Gasteiger partial charge on any atom is -0.461 e. The van der Waals surface area contributed by atoms with Crippen molar-refractivity contribution in [1.29, 1.82) is 0 Å². The van der Waals surface area contributed by atoms with Gasteiger partial charge in [0.15, 0.2) is 4.34 Å². The number of carbonyl (C=O) groups excluding carboxylic acids is 1. The Kier molecular flexibility index (Phi) is 5.34. The van der Waals surface area contributed by atoms with Crippen molar-refractivity contribution in [3.05, 3.63) is 5.01 Å². The number of thioether (sulfide) groups is 1. The Labute approximate surface area is 108 Å². The molecule has 17 heavy (non-hydrogen) atoms. The van der Waals surface area contributed by atoms with Crippen molar-refractivity contribution < 1.29 is 17.9 Å². The van der Waals surface area contributed by atoms with E-state index in [-0.39, 0.29) is 17.4 Å². The van der Waals surface area contributed by atoms with Crippen LogP contribution in [0.25, 0.3) is 0 Å². The third-order valence-electron chi connectivity index (χ3n) is 1.54. The quantitative estimate of drug-likeness (QED) is 0.568. The molecule has 1 heterocycles. The number of carbonyl (C=O) groups is 1. The molecule has 0 radical (unpaired) electrons. The van der Waals surface area contributed by atoms with Crippen LogP contribution in [0.3, 0.4) is 0 Å². The molecule has 0 unspecified atom stereocenters. The Morgan fingerprint density at radius 1 is 1.47 bits per heavy atom. The number of nitrogens with zero attached hydrogens (tertiary/aromatic N) is 2. The first-order chi connectivity index (χ1) is 7.92. The maximum absolute atomic E-state index is 11.3. The first-order valence-electron chi connectivity index (χ1n) is 4.73. The van der Waals surface area contributed by atoms with E-state index in [1.165, 1.54) is 18.0 Å². The molecule has 0 atom stereocenters. The van der Waals surface area contributed by atoms with Crippen molar-refractivity contribution in [2.24, 2.45) is 0 Å². The highest BCUT2D eigenvalue weighted by Gasteiger charge is 2.14. The van der Waals surface area contributed by atoms with Crippen LogP contribution in [-0.4, -0.2) is 49.0 Å². The van der Waals surface area contributed by atoms with E-state index in [2.05, 4.69) is 10.2 Å². The molecule has 96 valence electrons. The summed E-state index contributed by atoms with van der Waals surface area (Å²) < 4.78 is 27.1. The predicted octanol–water partition coefficient (Wildman–Crippen LogP) is 0.852. The second-order valence-electron chi connectivity index (χ2n) is 3.07. The highest BCUT2D eigenvalue weighted by atomic mass is 32.2. The zero-order valence-corrected chi connectivity index (χ0v) is 11.8. The normalized spacial score (nSPS) is 11.4. The molecule has 0 saturated heterocycles. The zero-order valence-electron chi connectivity index (χ0n) is 9.37. The van der Waals surface area contributed by atoms with Gasteiger partial charge in [-0.15, -0.1) is 10.2 Å². The molecule has 0 spiro atoms. The first kappa shape index (κ1) is 14.4. The van der Waals surface area contributed by atoms with Crippen LogP contribution in [0.5, 0.6) is 0 Å². The van der Waals surface area contributed by atoms with E-state index >= 15 is 0 Å². The van der Waals surface area contributed by atoms with Gasteiger partial charge in [0.05, 0.1) is 12.4 Å². The SMILES string of the molecule is CCOC(=O)c1nnc(SCCS(C)(=O)=O)s1. The summed E-state index contributed by atoms with van der Waals surface area (Å²) in [5.74, 6) is -0.0256. The molecule has 1 aromatic rings. The van der Waals surface area contributed by atoms with Crippen molar-refractivity contribution in [2.75, 3.05) is 24.4 Å². The van der Waals surface area contributed by atoms with E-state index < -0.39 is 15.8 Å². The number of ether oxygens (including phenoxy) is 1. The summed E-state index contributed by atoms with van der Waals surface area (Å²) in [7, 11) is -2.97. The zero-order chi connectivity index (χ0) is 12.9. The fraction of sp³-hybridized carbons (Fsp3) is 0.625. The molecule has 9 heteroatoms. The molecule has 0 fully saturated rings. The summed E-state index contributed by atoms with van der Waals surface area (Å²) in [6.07, 6.45) is 1.18. The number of hydrogen-bond acceptors (Lipinski definition) is 8. The van der Waals surface area contributed by atoms with Gasteiger partial charge in [0.1, 0.15) is 9.84 Å². The van der Waals surface area contributed by atoms with Crippen LogP contribution in [0.2, 0.25) is 0 Å². The molecule has 0 N–H and O–H groups in total. The van der Waals surface area contributed by atoms with Crippen molar-refractivity contribution in [1.82, 2.24) is 10.2 Å². The molecule has 1 aromatic heterocycles. The van der Waals surface area contributed by atoms with Gasteiger partial charge in [-0.3, -0.25) is 0 Å². The number of sulfone groups is 1. The highest BCUT2D eigenvalue weighted by Crippen LogP contribution is 2.22. The largest absolute Gasteiger partial charge is 0.461 e. The minimum atomic E-state index is -2.97. The lowest BCUT2D eigenvalue weighted by molar-refractivity contribution is 0.0525. The van der Waals surface area contributed by atoms with Crippen LogP contribution in [0, 0.1) is 0 Å². The smallest absolute Gasteiger partial charge is 0.369 e. The van der Waals surface area contributed by atoms with Gasteiger partial charge in [0.25, 0.3) is 0 Å². The molecule has 0 aromatic carbocycles.